The van der Waals surface area contributed by atoms with Crippen LogP contribution in [0, 0.1) is 6.92 Å². The van der Waals surface area contributed by atoms with Crippen LogP contribution in [0.15, 0.2) is 6.07 Å². The van der Waals surface area contributed by atoms with Crippen LogP contribution in [0.5, 0.6) is 11.5 Å². The van der Waals surface area contributed by atoms with Gasteiger partial charge in [-0.1, -0.05) is 0 Å². The van der Waals surface area contributed by atoms with Crippen LogP contribution in [0.1, 0.15) is 30.5 Å². The Morgan fingerprint density at radius 3 is 2.83 bits per heavy atom. The van der Waals surface area contributed by atoms with Crippen molar-refractivity contribution in [2.75, 3.05) is 7.11 Å². The summed E-state index contributed by atoms with van der Waals surface area (Å²) < 4.78 is 16.3. The number of methoxy groups -OCH3 is 1. The Morgan fingerprint density at radius 1 is 1.50 bits per heavy atom. The fourth-order valence-corrected chi connectivity index (χ4v) is 2.27. The first kappa shape index (κ1) is 12.9. The zero-order valence-corrected chi connectivity index (χ0v) is 11.2. The van der Waals surface area contributed by atoms with E-state index in [2.05, 4.69) is 0 Å². The van der Waals surface area contributed by atoms with E-state index in [1.54, 1.807) is 7.11 Å². The molecule has 1 aromatic carbocycles. The van der Waals surface area contributed by atoms with Crippen LogP contribution in [-0.2, 0) is 22.6 Å². The molecule has 0 bridgehead atoms. The lowest BCUT2D eigenvalue weighted by atomic mass is 9.95. The Kier molecular flexibility index (Phi) is 3.57. The van der Waals surface area contributed by atoms with Crippen molar-refractivity contribution in [1.82, 2.24) is 0 Å². The molecule has 1 aromatic rings. The molecule has 18 heavy (non-hydrogen) atoms. The molecule has 1 atom stereocenters. The smallest absolute Gasteiger partial charge is 0.308 e. The van der Waals surface area contributed by atoms with E-state index >= 15 is 0 Å². The van der Waals surface area contributed by atoms with E-state index in [0.717, 1.165) is 28.9 Å². The van der Waals surface area contributed by atoms with Gasteiger partial charge in [0.15, 0.2) is 0 Å². The normalized spacial score (nSPS) is 18.1. The average Bonchev–Trinajstić information content (AvgIpc) is 2.31. The maximum absolute atomic E-state index is 11.2. The fourth-order valence-electron chi connectivity index (χ4n) is 2.27. The Balaban J connectivity index is 2.54. The minimum atomic E-state index is -0.327. The first-order valence-corrected chi connectivity index (χ1v) is 6.02. The highest BCUT2D eigenvalue weighted by Gasteiger charge is 2.24. The highest BCUT2D eigenvalue weighted by molar-refractivity contribution is 5.71. The molecular formula is C14H18O4. The van der Waals surface area contributed by atoms with Crippen LogP contribution in [0.3, 0.4) is 0 Å². The molecule has 0 saturated heterocycles. The molecule has 1 aliphatic rings. The van der Waals surface area contributed by atoms with Crippen molar-refractivity contribution in [1.29, 1.82) is 0 Å². The maximum Gasteiger partial charge on any atom is 0.308 e. The number of carbonyl (C=O) groups excluding carboxylic acids is 1. The van der Waals surface area contributed by atoms with Crippen molar-refractivity contribution in [3.63, 3.8) is 0 Å². The van der Waals surface area contributed by atoms with Crippen molar-refractivity contribution in [3.05, 3.63) is 22.8 Å². The van der Waals surface area contributed by atoms with Gasteiger partial charge in [-0.05, 0) is 31.9 Å². The van der Waals surface area contributed by atoms with Crippen LogP contribution in [0.25, 0.3) is 0 Å². The molecule has 0 N–H and O–H groups in total. The van der Waals surface area contributed by atoms with Gasteiger partial charge in [-0.3, -0.25) is 4.79 Å². The highest BCUT2D eigenvalue weighted by Crippen LogP contribution is 2.38. The molecule has 0 amide bonds. The monoisotopic (exact) mass is 250 g/mol. The first-order chi connectivity index (χ1) is 8.52. The van der Waals surface area contributed by atoms with Gasteiger partial charge in [0.25, 0.3) is 0 Å². The minimum Gasteiger partial charge on any atom is -0.496 e. The van der Waals surface area contributed by atoms with E-state index in [0.29, 0.717) is 12.4 Å². The summed E-state index contributed by atoms with van der Waals surface area (Å²) in [6, 6.07) is 2.01. The fraction of sp³-hybridized carbons (Fsp3) is 0.500. The Bertz CT molecular complexity index is 479. The second-order valence-corrected chi connectivity index (χ2v) is 4.59. The van der Waals surface area contributed by atoms with Gasteiger partial charge in [-0.2, -0.15) is 0 Å². The molecule has 0 aliphatic carbocycles. The van der Waals surface area contributed by atoms with Crippen molar-refractivity contribution >= 4 is 5.97 Å². The van der Waals surface area contributed by atoms with Crippen molar-refractivity contribution in [2.45, 2.75) is 39.9 Å². The topological polar surface area (TPSA) is 44.8 Å². The standard InChI is InChI=1S/C14H18O4/c1-8-5-11-6-13(16-4)9(2)14(18-10(3)15)12(11)7-17-8/h6,8H,5,7H2,1-4H3. The number of benzene rings is 1. The lowest BCUT2D eigenvalue weighted by Gasteiger charge is -2.26. The molecule has 1 unspecified atom stereocenters. The zero-order chi connectivity index (χ0) is 13.3. The van der Waals surface area contributed by atoms with Crippen LogP contribution >= 0.6 is 0 Å². The number of ether oxygens (including phenoxy) is 3. The Labute approximate surface area is 107 Å². The largest absolute Gasteiger partial charge is 0.496 e. The summed E-state index contributed by atoms with van der Waals surface area (Å²) >= 11 is 0. The summed E-state index contributed by atoms with van der Waals surface area (Å²) in [4.78, 5) is 11.2. The van der Waals surface area contributed by atoms with E-state index in [9.17, 15) is 4.79 Å². The predicted molar refractivity (Wildman–Crippen MR) is 67.0 cm³/mol. The summed E-state index contributed by atoms with van der Waals surface area (Å²) in [5.41, 5.74) is 2.93. The van der Waals surface area contributed by atoms with Gasteiger partial charge in [0.2, 0.25) is 0 Å². The van der Waals surface area contributed by atoms with Gasteiger partial charge >= 0.3 is 5.97 Å². The lowest BCUT2D eigenvalue weighted by Crippen LogP contribution is -2.21. The average molecular weight is 250 g/mol. The predicted octanol–water partition coefficient (Wildman–Crippen LogP) is 2.39. The number of fused-ring (bicyclic) bond motifs is 1. The van der Waals surface area contributed by atoms with Gasteiger partial charge in [0.05, 0.1) is 19.8 Å². The second kappa shape index (κ2) is 4.98. The van der Waals surface area contributed by atoms with Crippen LogP contribution < -0.4 is 9.47 Å². The van der Waals surface area contributed by atoms with Crippen molar-refractivity contribution in [2.24, 2.45) is 0 Å². The summed E-state index contributed by atoms with van der Waals surface area (Å²) in [6.07, 6.45) is 0.982. The molecule has 0 fully saturated rings. The summed E-state index contributed by atoms with van der Waals surface area (Å²) in [7, 11) is 1.62. The minimum absolute atomic E-state index is 0.176. The number of rotatable bonds is 2. The third-order valence-corrected chi connectivity index (χ3v) is 3.16. The lowest BCUT2D eigenvalue weighted by molar-refractivity contribution is -0.132. The highest BCUT2D eigenvalue weighted by atomic mass is 16.5. The molecule has 0 radical (unpaired) electrons. The third kappa shape index (κ3) is 2.34. The van der Waals surface area contributed by atoms with E-state index < -0.39 is 0 Å². The molecule has 0 saturated carbocycles. The van der Waals surface area contributed by atoms with Gasteiger partial charge < -0.3 is 14.2 Å². The molecule has 98 valence electrons. The molecule has 1 aliphatic heterocycles. The number of hydrogen-bond acceptors (Lipinski definition) is 4. The summed E-state index contributed by atoms with van der Waals surface area (Å²) in [6.45, 7) is 5.79. The molecule has 4 heteroatoms. The van der Waals surface area contributed by atoms with Gasteiger partial charge in [0.1, 0.15) is 11.5 Å². The third-order valence-electron chi connectivity index (χ3n) is 3.16. The van der Waals surface area contributed by atoms with Crippen LogP contribution in [0.4, 0.5) is 0 Å². The van der Waals surface area contributed by atoms with E-state index in [4.69, 9.17) is 14.2 Å². The van der Waals surface area contributed by atoms with Crippen LogP contribution in [0.2, 0.25) is 0 Å². The van der Waals surface area contributed by atoms with Gasteiger partial charge in [-0.25, -0.2) is 0 Å². The molecule has 4 nitrogen and oxygen atoms in total. The second-order valence-electron chi connectivity index (χ2n) is 4.59. The van der Waals surface area contributed by atoms with Gasteiger partial charge in [-0.15, -0.1) is 0 Å². The maximum atomic E-state index is 11.2. The Morgan fingerprint density at radius 2 is 2.22 bits per heavy atom. The molecule has 0 spiro atoms. The van der Waals surface area contributed by atoms with Gasteiger partial charge in [0, 0.05) is 18.1 Å². The molecular weight excluding hydrogens is 232 g/mol. The zero-order valence-electron chi connectivity index (χ0n) is 11.2. The quantitative estimate of drug-likeness (QED) is 0.597. The van der Waals surface area contributed by atoms with Crippen molar-refractivity contribution < 1.29 is 19.0 Å². The van der Waals surface area contributed by atoms with Crippen molar-refractivity contribution in [3.8, 4) is 11.5 Å². The Hall–Kier alpha value is -1.55. The molecule has 1 heterocycles. The number of esters is 1. The number of hydrogen-bond donors (Lipinski definition) is 0. The summed E-state index contributed by atoms with van der Waals surface area (Å²) in [5.74, 6) is 1.01. The molecule has 2 rings (SSSR count). The first-order valence-electron chi connectivity index (χ1n) is 6.02. The van der Waals surface area contributed by atoms with E-state index in [1.165, 1.54) is 6.92 Å². The van der Waals surface area contributed by atoms with E-state index in [1.807, 2.05) is 19.9 Å². The number of carbonyl (C=O) groups is 1. The molecule has 0 aromatic heterocycles. The van der Waals surface area contributed by atoms with Crippen LogP contribution in [-0.4, -0.2) is 19.2 Å². The van der Waals surface area contributed by atoms with E-state index in [-0.39, 0.29) is 12.1 Å². The summed E-state index contributed by atoms with van der Waals surface area (Å²) in [5, 5.41) is 0. The SMILES string of the molecule is COc1cc2c(c(OC(C)=O)c1C)COC(C)C2.